The van der Waals surface area contributed by atoms with Crippen LogP contribution in [0.15, 0.2) is 18.2 Å². The first kappa shape index (κ1) is 14.8. The third-order valence-electron chi connectivity index (χ3n) is 2.31. The number of nitrogens with two attached hydrogens (primary N) is 1. The number of primary amides is 1. The summed E-state index contributed by atoms with van der Waals surface area (Å²) in [5.41, 5.74) is 5.90. The highest BCUT2D eigenvalue weighted by molar-refractivity contribution is 6.34. The molecule has 0 aromatic heterocycles. The maximum absolute atomic E-state index is 11.5. The van der Waals surface area contributed by atoms with Crippen LogP contribution >= 0.6 is 23.2 Å². The van der Waals surface area contributed by atoms with Gasteiger partial charge in [-0.2, -0.15) is 0 Å². The SMILES string of the molecule is NC(=O)c1ccc(NC(=O)CCCCCl)cc1Cl. The Bertz CT molecular complexity index is 450. The van der Waals surface area contributed by atoms with Crippen molar-refractivity contribution in [1.82, 2.24) is 0 Å². The van der Waals surface area contributed by atoms with Gasteiger partial charge in [-0.25, -0.2) is 0 Å². The molecule has 1 aromatic carbocycles. The van der Waals surface area contributed by atoms with Crippen molar-refractivity contribution in [2.75, 3.05) is 11.2 Å². The van der Waals surface area contributed by atoms with Gasteiger partial charge in [0.15, 0.2) is 0 Å². The molecule has 0 aliphatic rings. The second-order valence-corrected chi connectivity index (χ2v) is 4.54. The molecule has 1 aromatic rings. The monoisotopic (exact) mass is 288 g/mol. The van der Waals surface area contributed by atoms with E-state index in [0.717, 1.165) is 12.8 Å². The second kappa shape index (κ2) is 7.24. The molecule has 0 fully saturated rings. The average Bonchev–Trinajstić information content (AvgIpc) is 2.28. The molecule has 98 valence electrons. The van der Waals surface area contributed by atoms with Crippen LogP contribution in [0.5, 0.6) is 0 Å². The number of anilines is 1. The van der Waals surface area contributed by atoms with Crippen molar-refractivity contribution >= 4 is 40.7 Å². The van der Waals surface area contributed by atoms with Crippen LogP contribution in [-0.2, 0) is 4.79 Å². The van der Waals surface area contributed by atoms with E-state index >= 15 is 0 Å². The molecule has 0 saturated heterocycles. The summed E-state index contributed by atoms with van der Waals surface area (Å²) in [5.74, 6) is -0.158. The molecule has 0 radical (unpaired) electrons. The summed E-state index contributed by atoms with van der Waals surface area (Å²) in [6.07, 6.45) is 1.95. The fourth-order valence-corrected chi connectivity index (χ4v) is 1.86. The summed E-state index contributed by atoms with van der Waals surface area (Å²) >= 11 is 11.4. The third kappa shape index (κ3) is 4.55. The van der Waals surface area contributed by atoms with Gasteiger partial charge in [-0.3, -0.25) is 9.59 Å². The fraction of sp³-hybridized carbons (Fsp3) is 0.333. The molecule has 0 spiro atoms. The van der Waals surface area contributed by atoms with Crippen molar-refractivity contribution in [3.05, 3.63) is 28.8 Å². The van der Waals surface area contributed by atoms with Gasteiger partial charge >= 0.3 is 0 Å². The minimum absolute atomic E-state index is 0.108. The van der Waals surface area contributed by atoms with Gasteiger partial charge in [0.1, 0.15) is 0 Å². The first-order valence-corrected chi connectivity index (χ1v) is 6.41. The molecular formula is C12H14Cl2N2O2. The molecule has 0 atom stereocenters. The summed E-state index contributed by atoms with van der Waals surface area (Å²) in [5, 5.41) is 2.91. The van der Waals surface area contributed by atoms with Gasteiger partial charge in [0.05, 0.1) is 10.6 Å². The number of halogens is 2. The Labute approximate surface area is 115 Å². The molecule has 0 aliphatic carbocycles. The Morgan fingerprint density at radius 3 is 2.56 bits per heavy atom. The highest BCUT2D eigenvalue weighted by Crippen LogP contribution is 2.20. The maximum Gasteiger partial charge on any atom is 0.250 e. The van der Waals surface area contributed by atoms with E-state index in [9.17, 15) is 9.59 Å². The Kier molecular flexibility index (Phi) is 5.95. The van der Waals surface area contributed by atoms with Crippen LogP contribution in [0, 0.1) is 0 Å². The zero-order chi connectivity index (χ0) is 13.5. The largest absolute Gasteiger partial charge is 0.366 e. The predicted molar refractivity (Wildman–Crippen MR) is 73.2 cm³/mol. The smallest absolute Gasteiger partial charge is 0.250 e. The van der Waals surface area contributed by atoms with Crippen molar-refractivity contribution in [3.63, 3.8) is 0 Å². The van der Waals surface area contributed by atoms with Gasteiger partial charge in [-0.1, -0.05) is 11.6 Å². The molecule has 0 bridgehead atoms. The zero-order valence-electron chi connectivity index (χ0n) is 9.71. The Morgan fingerprint density at radius 1 is 1.28 bits per heavy atom. The first-order chi connectivity index (χ1) is 8.54. The molecule has 18 heavy (non-hydrogen) atoms. The normalized spacial score (nSPS) is 10.1. The third-order valence-corrected chi connectivity index (χ3v) is 2.89. The molecule has 4 nitrogen and oxygen atoms in total. The lowest BCUT2D eigenvalue weighted by molar-refractivity contribution is -0.116. The van der Waals surface area contributed by atoms with E-state index in [1.54, 1.807) is 6.07 Å². The number of hydrogen-bond donors (Lipinski definition) is 2. The molecule has 0 saturated carbocycles. The van der Waals surface area contributed by atoms with Gasteiger partial charge < -0.3 is 11.1 Å². The summed E-state index contributed by atoms with van der Waals surface area (Å²) in [6, 6.07) is 4.57. The molecule has 0 unspecified atom stereocenters. The number of carbonyl (C=O) groups excluding carboxylic acids is 2. The van der Waals surface area contributed by atoms with Crippen molar-refractivity contribution in [3.8, 4) is 0 Å². The quantitative estimate of drug-likeness (QED) is 0.624. The Morgan fingerprint density at radius 2 is 2.00 bits per heavy atom. The minimum atomic E-state index is -0.597. The van der Waals surface area contributed by atoms with Crippen molar-refractivity contribution in [2.24, 2.45) is 5.73 Å². The van der Waals surface area contributed by atoms with E-state index in [1.165, 1.54) is 12.1 Å². The first-order valence-electron chi connectivity index (χ1n) is 5.49. The van der Waals surface area contributed by atoms with Crippen LogP contribution in [0.3, 0.4) is 0 Å². The number of nitrogens with one attached hydrogen (secondary N) is 1. The summed E-state index contributed by atoms with van der Waals surface area (Å²) < 4.78 is 0. The lowest BCUT2D eigenvalue weighted by Gasteiger charge is -2.07. The van der Waals surface area contributed by atoms with Gasteiger partial charge in [0.25, 0.3) is 0 Å². The molecule has 6 heteroatoms. The molecule has 3 N–H and O–H groups in total. The summed E-state index contributed by atoms with van der Waals surface area (Å²) in [6.45, 7) is 0. The van der Waals surface area contributed by atoms with E-state index in [2.05, 4.69) is 5.32 Å². The van der Waals surface area contributed by atoms with E-state index in [4.69, 9.17) is 28.9 Å². The highest BCUT2D eigenvalue weighted by atomic mass is 35.5. The van der Waals surface area contributed by atoms with Gasteiger partial charge in [0, 0.05) is 18.0 Å². The topological polar surface area (TPSA) is 72.2 Å². The van der Waals surface area contributed by atoms with E-state index < -0.39 is 5.91 Å². The van der Waals surface area contributed by atoms with Crippen molar-refractivity contribution < 1.29 is 9.59 Å². The lowest BCUT2D eigenvalue weighted by Crippen LogP contribution is -2.13. The summed E-state index contributed by atoms with van der Waals surface area (Å²) in [4.78, 5) is 22.5. The van der Waals surface area contributed by atoms with Gasteiger partial charge in [-0.05, 0) is 31.0 Å². The maximum atomic E-state index is 11.5. The Hall–Kier alpha value is -1.26. The van der Waals surface area contributed by atoms with E-state index in [-0.39, 0.29) is 16.5 Å². The number of unbranched alkanes of at least 4 members (excludes halogenated alkanes) is 1. The molecule has 2 amide bonds. The lowest BCUT2D eigenvalue weighted by atomic mass is 10.2. The summed E-state index contributed by atoms with van der Waals surface area (Å²) in [7, 11) is 0. The van der Waals surface area contributed by atoms with Crippen LogP contribution in [0.1, 0.15) is 29.6 Å². The second-order valence-electron chi connectivity index (χ2n) is 3.75. The molecule has 0 heterocycles. The highest BCUT2D eigenvalue weighted by Gasteiger charge is 2.08. The number of amides is 2. The average molecular weight is 289 g/mol. The van der Waals surface area contributed by atoms with Crippen LogP contribution in [0.4, 0.5) is 5.69 Å². The number of benzene rings is 1. The van der Waals surface area contributed by atoms with E-state index in [0.29, 0.717) is 18.0 Å². The van der Waals surface area contributed by atoms with Crippen LogP contribution in [0.25, 0.3) is 0 Å². The molecule has 1 rings (SSSR count). The standard InChI is InChI=1S/C12H14Cl2N2O2/c13-6-2-1-3-11(17)16-8-4-5-9(12(15)18)10(14)7-8/h4-5,7H,1-3,6H2,(H2,15,18)(H,16,17). The number of carbonyl (C=O) groups is 2. The number of hydrogen-bond acceptors (Lipinski definition) is 2. The van der Waals surface area contributed by atoms with Crippen molar-refractivity contribution in [2.45, 2.75) is 19.3 Å². The van der Waals surface area contributed by atoms with Crippen LogP contribution < -0.4 is 11.1 Å². The number of alkyl halides is 1. The number of rotatable bonds is 6. The predicted octanol–water partition coefficient (Wildman–Crippen LogP) is 2.79. The van der Waals surface area contributed by atoms with Gasteiger partial charge in [-0.15, -0.1) is 11.6 Å². The van der Waals surface area contributed by atoms with Crippen LogP contribution in [0.2, 0.25) is 5.02 Å². The Balaban J connectivity index is 2.60. The van der Waals surface area contributed by atoms with Gasteiger partial charge in [0.2, 0.25) is 11.8 Å². The molecular weight excluding hydrogens is 275 g/mol. The zero-order valence-corrected chi connectivity index (χ0v) is 11.2. The minimum Gasteiger partial charge on any atom is -0.366 e. The molecule has 0 aliphatic heterocycles. The fourth-order valence-electron chi connectivity index (χ4n) is 1.40. The van der Waals surface area contributed by atoms with Crippen molar-refractivity contribution in [1.29, 1.82) is 0 Å². The van der Waals surface area contributed by atoms with E-state index in [1.807, 2.05) is 0 Å². The van der Waals surface area contributed by atoms with Crippen LogP contribution in [-0.4, -0.2) is 17.7 Å².